The van der Waals surface area contributed by atoms with Gasteiger partial charge in [-0.3, -0.25) is 4.98 Å². The first-order valence-corrected chi connectivity index (χ1v) is 8.14. The predicted octanol–water partition coefficient (Wildman–Crippen LogP) is 3.17. The zero-order chi connectivity index (χ0) is 15.3. The lowest BCUT2D eigenvalue weighted by Crippen LogP contribution is -2.24. The fourth-order valence-corrected chi connectivity index (χ4v) is 2.67. The van der Waals surface area contributed by atoms with Crippen molar-refractivity contribution >= 4 is 27.7 Å². The quantitative estimate of drug-likeness (QED) is 0.849. The third kappa shape index (κ3) is 4.67. The lowest BCUT2D eigenvalue weighted by Gasteiger charge is -2.14. The first-order chi connectivity index (χ1) is 9.97. The number of hydrogen-bond donors (Lipinski definition) is 0. The van der Waals surface area contributed by atoms with Crippen molar-refractivity contribution in [3.63, 3.8) is 0 Å². The molecule has 1 aromatic heterocycles. The molecular formula is C15H15ClN2O2S. The van der Waals surface area contributed by atoms with Crippen molar-refractivity contribution < 1.29 is 8.42 Å². The molecule has 0 saturated heterocycles. The molecule has 21 heavy (non-hydrogen) atoms. The van der Waals surface area contributed by atoms with Gasteiger partial charge in [0.2, 0.25) is 10.0 Å². The molecular weight excluding hydrogens is 308 g/mol. The molecule has 0 radical (unpaired) electrons. The van der Waals surface area contributed by atoms with Crippen LogP contribution in [-0.2, 0) is 16.6 Å². The average molecular weight is 323 g/mol. The summed E-state index contributed by atoms with van der Waals surface area (Å²) in [5.41, 5.74) is 1.66. The van der Waals surface area contributed by atoms with Gasteiger partial charge in [0.05, 0.1) is 0 Å². The van der Waals surface area contributed by atoms with Gasteiger partial charge in [-0.25, -0.2) is 8.42 Å². The van der Waals surface area contributed by atoms with Gasteiger partial charge in [0.1, 0.15) is 0 Å². The number of hydrogen-bond acceptors (Lipinski definition) is 3. The van der Waals surface area contributed by atoms with E-state index in [9.17, 15) is 8.42 Å². The zero-order valence-electron chi connectivity index (χ0n) is 11.5. The third-order valence-electron chi connectivity index (χ3n) is 2.89. The fraction of sp³-hybridized carbons (Fsp3) is 0.133. The van der Waals surface area contributed by atoms with E-state index in [1.807, 2.05) is 0 Å². The van der Waals surface area contributed by atoms with Crippen LogP contribution in [0.3, 0.4) is 0 Å². The van der Waals surface area contributed by atoms with Crippen LogP contribution in [0.25, 0.3) is 6.08 Å². The highest BCUT2D eigenvalue weighted by molar-refractivity contribution is 7.92. The molecule has 110 valence electrons. The lowest BCUT2D eigenvalue weighted by molar-refractivity contribution is 0.475. The van der Waals surface area contributed by atoms with Crippen molar-refractivity contribution in [2.75, 3.05) is 7.05 Å². The van der Waals surface area contributed by atoms with Crippen LogP contribution in [0.15, 0.2) is 54.2 Å². The summed E-state index contributed by atoms with van der Waals surface area (Å²) < 4.78 is 25.6. The van der Waals surface area contributed by atoms with Crippen molar-refractivity contribution in [3.8, 4) is 0 Å². The highest BCUT2D eigenvalue weighted by Gasteiger charge is 2.14. The third-order valence-corrected chi connectivity index (χ3v) is 4.62. The Hall–Kier alpha value is -1.69. The Morgan fingerprint density at radius 1 is 1.14 bits per heavy atom. The van der Waals surface area contributed by atoms with Crippen LogP contribution in [0.4, 0.5) is 0 Å². The molecule has 2 aromatic rings. The molecule has 0 N–H and O–H groups in total. The largest absolute Gasteiger partial charge is 0.265 e. The first-order valence-electron chi connectivity index (χ1n) is 6.26. The Morgan fingerprint density at radius 3 is 2.38 bits per heavy atom. The van der Waals surface area contributed by atoms with E-state index in [-0.39, 0.29) is 0 Å². The highest BCUT2D eigenvalue weighted by Crippen LogP contribution is 2.13. The normalized spacial score (nSPS) is 12.1. The number of rotatable bonds is 5. The van der Waals surface area contributed by atoms with Gasteiger partial charge in [-0.05, 0) is 41.5 Å². The van der Waals surface area contributed by atoms with E-state index in [1.165, 1.54) is 9.71 Å². The molecule has 1 aromatic carbocycles. The summed E-state index contributed by atoms with van der Waals surface area (Å²) in [6.45, 7) is 0.301. The average Bonchev–Trinajstić information content (AvgIpc) is 2.48. The molecule has 0 unspecified atom stereocenters. The molecule has 0 spiro atoms. The zero-order valence-corrected chi connectivity index (χ0v) is 13.1. The summed E-state index contributed by atoms with van der Waals surface area (Å²) in [6.07, 6.45) is 4.83. The molecule has 4 nitrogen and oxygen atoms in total. The molecule has 0 bridgehead atoms. The summed E-state index contributed by atoms with van der Waals surface area (Å²) in [5.74, 6) is 0. The smallest absolute Gasteiger partial charge is 0.236 e. The Morgan fingerprint density at radius 2 is 1.76 bits per heavy atom. The highest BCUT2D eigenvalue weighted by atomic mass is 35.5. The van der Waals surface area contributed by atoms with E-state index in [4.69, 9.17) is 11.6 Å². The number of pyridine rings is 1. The molecule has 0 atom stereocenters. The van der Waals surface area contributed by atoms with Gasteiger partial charge in [0, 0.05) is 36.4 Å². The van der Waals surface area contributed by atoms with Gasteiger partial charge < -0.3 is 0 Å². The predicted molar refractivity (Wildman–Crippen MR) is 85.1 cm³/mol. The van der Waals surface area contributed by atoms with Gasteiger partial charge in [-0.2, -0.15) is 4.31 Å². The van der Waals surface area contributed by atoms with E-state index < -0.39 is 10.0 Å². The topological polar surface area (TPSA) is 50.3 Å². The minimum atomic E-state index is -3.47. The van der Waals surface area contributed by atoms with Gasteiger partial charge in [-0.1, -0.05) is 23.7 Å². The minimum Gasteiger partial charge on any atom is -0.265 e. The number of halogens is 1. The summed E-state index contributed by atoms with van der Waals surface area (Å²) in [4.78, 5) is 3.91. The maximum absolute atomic E-state index is 12.2. The van der Waals surface area contributed by atoms with Gasteiger partial charge in [0.15, 0.2) is 0 Å². The van der Waals surface area contributed by atoms with E-state index in [2.05, 4.69) is 4.98 Å². The van der Waals surface area contributed by atoms with Crippen molar-refractivity contribution in [2.45, 2.75) is 6.54 Å². The summed E-state index contributed by atoms with van der Waals surface area (Å²) in [5, 5.41) is 1.81. The molecule has 0 saturated carbocycles. The second-order valence-corrected chi connectivity index (χ2v) is 6.87. The minimum absolute atomic E-state index is 0.301. The van der Waals surface area contributed by atoms with Gasteiger partial charge in [-0.15, -0.1) is 0 Å². The number of sulfonamides is 1. The van der Waals surface area contributed by atoms with Crippen LogP contribution in [-0.4, -0.2) is 24.8 Å². The lowest BCUT2D eigenvalue weighted by atomic mass is 10.2. The molecule has 0 aliphatic carbocycles. The molecule has 0 amide bonds. The summed E-state index contributed by atoms with van der Waals surface area (Å²) >= 11 is 5.79. The van der Waals surface area contributed by atoms with E-state index >= 15 is 0 Å². The number of aromatic nitrogens is 1. The first kappa shape index (κ1) is 15.7. The SMILES string of the molecule is CN(Cc1ccncc1)S(=O)(=O)/C=C/c1ccc(Cl)cc1. The van der Waals surface area contributed by atoms with Crippen molar-refractivity contribution in [3.05, 3.63) is 70.3 Å². The van der Waals surface area contributed by atoms with Crippen LogP contribution < -0.4 is 0 Å². The Balaban J connectivity index is 2.08. The Bertz CT molecular complexity index is 713. The van der Waals surface area contributed by atoms with E-state index in [0.717, 1.165) is 11.1 Å². The second kappa shape index (κ2) is 6.85. The number of nitrogens with zero attached hydrogens (tertiary/aromatic N) is 2. The molecule has 0 fully saturated rings. The second-order valence-electron chi connectivity index (χ2n) is 4.51. The van der Waals surface area contributed by atoms with Crippen LogP contribution >= 0.6 is 11.6 Å². The van der Waals surface area contributed by atoms with E-state index in [0.29, 0.717) is 11.6 Å². The van der Waals surface area contributed by atoms with E-state index in [1.54, 1.807) is 61.9 Å². The van der Waals surface area contributed by atoms with Crippen LogP contribution in [0.5, 0.6) is 0 Å². The standard InChI is InChI=1S/C15H15ClN2O2S/c1-18(12-14-6-9-17-10-7-14)21(19,20)11-8-13-2-4-15(16)5-3-13/h2-11H,12H2,1H3/b11-8+. The monoisotopic (exact) mass is 322 g/mol. The van der Waals surface area contributed by atoms with Gasteiger partial charge >= 0.3 is 0 Å². The van der Waals surface area contributed by atoms with Crippen LogP contribution in [0.1, 0.15) is 11.1 Å². The van der Waals surface area contributed by atoms with Gasteiger partial charge in [0.25, 0.3) is 0 Å². The van der Waals surface area contributed by atoms with Crippen LogP contribution in [0, 0.1) is 0 Å². The van der Waals surface area contributed by atoms with Crippen LogP contribution in [0.2, 0.25) is 5.02 Å². The summed E-state index contributed by atoms with van der Waals surface area (Å²) in [6, 6.07) is 10.5. The molecule has 2 rings (SSSR count). The maximum Gasteiger partial charge on any atom is 0.236 e. The molecule has 1 heterocycles. The van der Waals surface area contributed by atoms with Crippen molar-refractivity contribution in [2.24, 2.45) is 0 Å². The molecule has 0 aliphatic rings. The Labute approximate surface area is 129 Å². The molecule has 0 aliphatic heterocycles. The summed E-state index contributed by atoms with van der Waals surface area (Å²) in [7, 11) is -1.92. The van der Waals surface area contributed by atoms with Crippen molar-refractivity contribution in [1.82, 2.24) is 9.29 Å². The molecule has 6 heteroatoms. The maximum atomic E-state index is 12.2. The fourth-order valence-electron chi connectivity index (χ4n) is 1.68. The Kier molecular flexibility index (Phi) is 5.12. The van der Waals surface area contributed by atoms with Crippen molar-refractivity contribution in [1.29, 1.82) is 0 Å². The number of benzene rings is 1.